The highest BCUT2D eigenvalue weighted by molar-refractivity contribution is 5.88. The topological polar surface area (TPSA) is 217 Å². The lowest BCUT2D eigenvalue weighted by Gasteiger charge is -2.26. The van der Waals surface area contributed by atoms with Crippen LogP contribution >= 0.6 is 0 Å². The fraction of sp³-hybridized carbons (Fsp3) is 0.500. The van der Waals surface area contributed by atoms with E-state index in [1.54, 1.807) is 0 Å². The van der Waals surface area contributed by atoms with Crippen LogP contribution in [0.2, 0.25) is 0 Å². The van der Waals surface area contributed by atoms with E-state index in [0.717, 1.165) is 16.8 Å². The molecule has 32 heavy (non-hydrogen) atoms. The number of amides is 2. The van der Waals surface area contributed by atoms with Gasteiger partial charge in [-0.2, -0.15) is 0 Å². The Morgan fingerprint density at radius 3 is 2.78 bits per heavy atom. The van der Waals surface area contributed by atoms with Crippen molar-refractivity contribution in [2.24, 2.45) is 5.73 Å². The third-order valence-corrected chi connectivity index (χ3v) is 4.99. The second-order valence-electron chi connectivity index (χ2n) is 7.23. The maximum absolute atomic E-state index is 13.1. The van der Waals surface area contributed by atoms with E-state index in [2.05, 4.69) is 25.6 Å². The molecule has 8 N–H and O–H groups in total. The molecule has 174 valence electrons. The minimum atomic E-state index is -1.37. The summed E-state index contributed by atoms with van der Waals surface area (Å²) < 4.78 is 6.54. The Morgan fingerprint density at radius 2 is 2.16 bits per heavy atom. The van der Waals surface area contributed by atoms with E-state index in [-0.39, 0.29) is 19.4 Å². The summed E-state index contributed by atoms with van der Waals surface area (Å²) >= 11 is 0. The van der Waals surface area contributed by atoms with E-state index >= 15 is 0 Å². The summed E-state index contributed by atoms with van der Waals surface area (Å²) in [4.78, 5) is 57.5. The fourth-order valence-electron chi connectivity index (χ4n) is 3.41. The van der Waals surface area contributed by atoms with Crippen LogP contribution in [0.4, 0.5) is 0 Å². The zero-order valence-electron chi connectivity index (χ0n) is 16.9. The van der Waals surface area contributed by atoms with Gasteiger partial charge in [0.15, 0.2) is 6.23 Å². The molecular weight excluding hydrogens is 426 g/mol. The number of rotatable bonds is 9. The van der Waals surface area contributed by atoms with E-state index in [9.17, 15) is 29.4 Å². The molecule has 0 spiro atoms. The van der Waals surface area contributed by atoms with Gasteiger partial charge in [0.25, 0.3) is 5.56 Å². The molecule has 0 aromatic carbocycles. The molecule has 2 aromatic heterocycles. The predicted octanol–water partition coefficient (Wildman–Crippen LogP) is -3.93. The van der Waals surface area contributed by atoms with Crippen LogP contribution in [-0.2, 0) is 20.7 Å². The maximum atomic E-state index is 13.1. The van der Waals surface area contributed by atoms with Gasteiger partial charge in [0.05, 0.1) is 12.9 Å². The van der Waals surface area contributed by atoms with Crippen LogP contribution in [-0.4, -0.2) is 79.0 Å². The van der Waals surface area contributed by atoms with Crippen molar-refractivity contribution >= 4 is 11.8 Å². The number of H-pyrrole nitrogens is 2. The van der Waals surface area contributed by atoms with E-state index in [0.29, 0.717) is 5.69 Å². The lowest BCUT2D eigenvalue weighted by atomic mass is 10.1. The first-order valence-corrected chi connectivity index (χ1v) is 9.87. The Bertz CT molecular complexity index is 1030. The molecule has 5 atom stereocenters. The first-order valence-electron chi connectivity index (χ1n) is 9.87. The Hall–Kier alpha value is -3.33. The van der Waals surface area contributed by atoms with Crippen molar-refractivity contribution in [1.29, 1.82) is 0 Å². The zero-order chi connectivity index (χ0) is 23.3. The third-order valence-electron chi connectivity index (χ3n) is 4.99. The second kappa shape index (κ2) is 10.3. The molecule has 0 saturated carbocycles. The third kappa shape index (κ3) is 5.28. The second-order valence-corrected chi connectivity index (χ2v) is 7.23. The highest BCUT2D eigenvalue weighted by atomic mass is 16.5. The van der Waals surface area contributed by atoms with Gasteiger partial charge in [-0.1, -0.05) is 0 Å². The molecule has 1 aliphatic heterocycles. The van der Waals surface area contributed by atoms with Crippen molar-refractivity contribution in [3.63, 3.8) is 0 Å². The number of aliphatic hydroxyl groups is 2. The Morgan fingerprint density at radius 1 is 1.38 bits per heavy atom. The predicted molar refractivity (Wildman–Crippen MR) is 108 cm³/mol. The molecule has 3 heterocycles. The zero-order valence-corrected chi connectivity index (χ0v) is 16.9. The van der Waals surface area contributed by atoms with E-state index < -0.39 is 60.2 Å². The van der Waals surface area contributed by atoms with Gasteiger partial charge < -0.3 is 36.3 Å². The number of aromatic nitrogens is 4. The minimum absolute atomic E-state index is 0.00387. The average molecular weight is 451 g/mol. The molecule has 3 rings (SSSR count). The van der Waals surface area contributed by atoms with Crippen molar-refractivity contribution in [2.45, 2.75) is 43.4 Å². The Balaban J connectivity index is 1.84. The molecule has 2 aromatic rings. The lowest BCUT2D eigenvalue weighted by Crippen LogP contribution is -2.55. The molecule has 0 aliphatic carbocycles. The molecule has 1 saturated heterocycles. The van der Waals surface area contributed by atoms with Gasteiger partial charge in [0.1, 0.15) is 24.3 Å². The van der Waals surface area contributed by atoms with E-state index in [4.69, 9.17) is 10.5 Å². The molecule has 2 amide bonds. The summed E-state index contributed by atoms with van der Waals surface area (Å²) in [6.07, 6.45) is 0.453. The average Bonchev–Trinajstić information content (AvgIpc) is 3.36. The summed E-state index contributed by atoms with van der Waals surface area (Å²) in [5, 5.41) is 25.2. The van der Waals surface area contributed by atoms with Crippen LogP contribution in [0, 0.1) is 0 Å². The van der Waals surface area contributed by atoms with Crippen LogP contribution in [0.5, 0.6) is 0 Å². The molecule has 0 bridgehead atoms. The number of aromatic amines is 2. The van der Waals surface area contributed by atoms with Crippen LogP contribution in [0.15, 0.2) is 34.4 Å². The van der Waals surface area contributed by atoms with Gasteiger partial charge in [0, 0.05) is 43.5 Å². The highest BCUT2D eigenvalue weighted by Gasteiger charge is 2.46. The minimum Gasteiger partial charge on any atom is -0.394 e. The standard InChI is InChI=1S/C18H25N7O7/c19-3-1-12(27)22-10(5-9-6-20-8-21-9)16(30)24-14-15(29)11(7-26)32-17(14)25-4-2-13(28)23-18(25)31/h2,4,6,8,10-11,14-15,17,26,29H,1,3,5,7,19H2,(H,20,21)(H,22,27)(H,24,30)(H,23,28,31)/t10-,11+,14+,15+,17+/m0/s1. The lowest BCUT2D eigenvalue weighted by molar-refractivity contribution is -0.130. The van der Waals surface area contributed by atoms with E-state index in [1.165, 1.54) is 12.5 Å². The van der Waals surface area contributed by atoms with Crippen molar-refractivity contribution in [3.8, 4) is 0 Å². The maximum Gasteiger partial charge on any atom is 0.330 e. The summed E-state index contributed by atoms with van der Waals surface area (Å²) in [6, 6.07) is -1.14. The van der Waals surface area contributed by atoms with Crippen molar-refractivity contribution in [3.05, 3.63) is 51.3 Å². The van der Waals surface area contributed by atoms with Crippen molar-refractivity contribution in [2.75, 3.05) is 13.2 Å². The number of carbonyl (C=O) groups is 2. The number of carbonyl (C=O) groups excluding carboxylic acids is 2. The number of imidazole rings is 1. The quantitative estimate of drug-likeness (QED) is 0.198. The van der Waals surface area contributed by atoms with Crippen molar-refractivity contribution in [1.82, 2.24) is 30.2 Å². The Kier molecular flexibility index (Phi) is 7.53. The molecule has 1 aliphatic rings. The largest absolute Gasteiger partial charge is 0.394 e. The van der Waals surface area contributed by atoms with Gasteiger partial charge in [-0.15, -0.1) is 0 Å². The smallest absolute Gasteiger partial charge is 0.330 e. The number of hydrogen-bond acceptors (Lipinski definition) is 9. The summed E-state index contributed by atoms with van der Waals surface area (Å²) in [7, 11) is 0. The summed E-state index contributed by atoms with van der Waals surface area (Å²) in [5.74, 6) is -1.12. The van der Waals surface area contributed by atoms with E-state index in [1.807, 2.05) is 0 Å². The number of hydrogen-bond donors (Lipinski definition) is 7. The monoisotopic (exact) mass is 451 g/mol. The molecule has 14 nitrogen and oxygen atoms in total. The van der Waals surface area contributed by atoms with Crippen LogP contribution < -0.4 is 27.6 Å². The van der Waals surface area contributed by atoms with Gasteiger partial charge in [-0.25, -0.2) is 9.78 Å². The summed E-state index contributed by atoms with van der Waals surface area (Å²) in [6.45, 7) is -0.484. The molecule has 0 unspecified atom stereocenters. The molecule has 14 heteroatoms. The molecule has 0 radical (unpaired) electrons. The Labute approximate surface area is 180 Å². The molecule has 1 fully saturated rings. The van der Waals surface area contributed by atoms with Crippen molar-refractivity contribution < 1.29 is 24.5 Å². The van der Waals surface area contributed by atoms with Crippen LogP contribution in [0.3, 0.4) is 0 Å². The first-order chi connectivity index (χ1) is 15.3. The van der Waals surface area contributed by atoms with Gasteiger partial charge >= 0.3 is 5.69 Å². The number of nitrogens with zero attached hydrogens (tertiary/aromatic N) is 2. The van der Waals surface area contributed by atoms with Gasteiger partial charge in [-0.05, 0) is 0 Å². The summed E-state index contributed by atoms with van der Waals surface area (Å²) in [5.41, 5.74) is 4.51. The number of aliphatic hydroxyl groups excluding tert-OH is 2. The van der Waals surface area contributed by atoms with Crippen LogP contribution in [0.25, 0.3) is 0 Å². The SMILES string of the molecule is NCCC(=O)N[C@@H](Cc1cnc[nH]1)C(=O)N[C@@H]1[C@H](O)[C@@H](CO)O[C@H]1n1ccc(=O)[nH]c1=O. The molecular formula is C18H25N7O7. The first kappa shape index (κ1) is 23.3. The highest BCUT2D eigenvalue weighted by Crippen LogP contribution is 2.28. The normalized spacial score (nSPS) is 23.6. The van der Waals surface area contributed by atoms with Gasteiger partial charge in [-0.3, -0.25) is 23.9 Å². The van der Waals surface area contributed by atoms with Crippen LogP contribution in [0.1, 0.15) is 18.3 Å². The number of ether oxygens (including phenoxy) is 1. The van der Waals surface area contributed by atoms with Gasteiger partial charge in [0.2, 0.25) is 11.8 Å². The fourth-order valence-corrected chi connectivity index (χ4v) is 3.41. The number of nitrogens with two attached hydrogens (primary N) is 1. The number of nitrogens with one attached hydrogen (secondary N) is 4.